The third-order valence-corrected chi connectivity index (χ3v) is 8.49. The van der Waals surface area contributed by atoms with Crippen molar-refractivity contribution in [1.29, 1.82) is 0 Å². The summed E-state index contributed by atoms with van der Waals surface area (Å²) >= 11 is 7.63. The normalized spacial score (nSPS) is 11.8. The zero-order valence-corrected chi connectivity index (χ0v) is 26.6. The van der Waals surface area contributed by atoms with Crippen molar-refractivity contribution < 1.29 is 14.4 Å². The number of nitrogens with one attached hydrogen (secondary N) is 3. The number of carbonyl (C=O) groups is 3. The van der Waals surface area contributed by atoms with Crippen LogP contribution < -0.4 is 20.9 Å². The van der Waals surface area contributed by atoms with Crippen molar-refractivity contribution in [1.82, 2.24) is 5.32 Å². The van der Waals surface area contributed by atoms with Crippen LogP contribution in [0.2, 0.25) is 5.02 Å². The van der Waals surface area contributed by atoms with Crippen molar-refractivity contribution in [2.75, 3.05) is 29.6 Å². The Hall–Kier alpha value is -4.53. The van der Waals surface area contributed by atoms with Crippen LogP contribution >= 0.6 is 23.4 Å². The van der Waals surface area contributed by atoms with Crippen LogP contribution in [0.25, 0.3) is 6.08 Å². The monoisotopic (exact) mass is 626 g/mol. The van der Waals surface area contributed by atoms with Gasteiger partial charge < -0.3 is 20.9 Å². The van der Waals surface area contributed by atoms with Crippen LogP contribution in [-0.2, 0) is 9.59 Å². The number of nitrogens with zero attached hydrogens (tertiary/aromatic N) is 1. The number of hydrogen-bond acceptors (Lipinski definition) is 5. The van der Waals surface area contributed by atoms with Crippen molar-refractivity contribution in [3.8, 4) is 0 Å². The molecule has 7 nitrogen and oxygen atoms in total. The van der Waals surface area contributed by atoms with Crippen LogP contribution in [0.3, 0.4) is 0 Å². The molecule has 3 amide bonds. The Morgan fingerprint density at radius 2 is 1.57 bits per heavy atom. The van der Waals surface area contributed by atoms with Crippen LogP contribution in [0.15, 0.2) is 108 Å². The van der Waals surface area contributed by atoms with E-state index in [2.05, 4.69) is 16.0 Å². The summed E-state index contributed by atoms with van der Waals surface area (Å²) in [6, 6.07) is 29.1. The molecule has 226 valence electrons. The minimum absolute atomic E-state index is 0.0945. The molecule has 3 N–H and O–H groups in total. The molecule has 4 rings (SSSR count). The Balaban J connectivity index is 1.51. The smallest absolute Gasteiger partial charge is 0.272 e. The predicted octanol–water partition coefficient (Wildman–Crippen LogP) is 7.63. The molecule has 0 heterocycles. The third kappa shape index (κ3) is 8.99. The first-order chi connectivity index (χ1) is 21.1. The molecule has 9 heteroatoms. The molecule has 1 unspecified atom stereocenters. The van der Waals surface area contributed by atoms with Crippen molar-refractivity contribution in [2.24, 2.45) is 0 Å². The van der Waals surface area contributed by atoms with Gasteiger partial charge in [0.2, 0.25) is 5.91 Å². The van der Waals surface area contributed by atoms with Crippen molar-refractivity contribution in [2.45, 2.75) is 30.4 Å². The molecule has 0 aliphatic carbocycles. The number of aryl methyl sites for hydroxylation is 1. The van der Waals surface area contributed by atoms with Gasteiger partial charge in [0.25, 0.3) is 11.8 Å². The second kappa shape index (κ2) is 15.3. The average molecular weight is 627 g/mol. The Morgan fingerprint density at radius 3 is 2.23 bits per heavy atom. The highest BCUT2D eigenvalue weighted by molar-refractivity contribution is 8.00. The van der Waals surface area contributed by atoms with Gasteiger partial charge in [-0.05, 0) is 85.1 Å². The highest BCUT2D eigenvalue weighted by Gasteiger charge is 2.20. The lowest BCUT2D eigenvalue weighted by atomic mass is 10.1. The van der Waals surface area contributed by atoms with Crippen molar-refractivity contribution >= 4 is 64.2 Å². The Labute approximate surface area is 267 Å². The maximum absolute atomic E-state index is 13.5. The molecule has 0 bridgehead atoms. The van der Waals surface area contributed by atoms with E-state index >= 15 is 0 Å². The number of hydrogen-bond donors (Lipinski definition) is 3. The molecular formula is C35H35ClN4O3S. The predicted molar refractivity (Wildman–Crippen MR) is 182 cm³/mol. The molecule has 0 aliphatic rings. The molecule has 0 fully saturated rings. The van der Waals surface area contributed by atoms with Crippen LogP contribution in [0.1, 0.15) is 34.8 Å². The lowest BCUT2D eigenvalue weighted by molar-refractivity contribution is -0.116. The average Bonchev–Trinajstić information content (AvgIpc) is 3.02. The summed E-state index contributed by atoms with van der Waals surface area (Å²) in [6.07, 6.45) is 2.24. The number of amides is 3. The van der Waals surface area contributed by atoms with Crippen molar-refractivity contribution in [3.05, 3.63) is 124 Å². The number of thioether (sulfide) groups is 1. The zero-order valence-electron chi connectivity index (χ0n) is 25.1. The van der Waals surface area contributed by atoms with Crippen LogP contribution in [0, 0.1) is 6.92 Å². The highest BCUT2D eigenvalue weighted by Crippen LogP contribution is 2.29. The van der Waals surface area contributed by atoms with E-state index in [0.717, 1.165) is 21.7 Å². The van der Waals surface area contributed by atoms with Gasteiger partial charge in [0.15, 0.2) is 0 Å². The van der Waals surface area contributed by atoms with Gasteiger partial charge in [-0.3, -0.25) is 14.4 Å². The van der Waals surface area contributed by atoms with E-state index < -0.39 is 11.8 Å². The van der Waals surface area contributed by atoms with E-state index in [0.29, 0.717) is 28.4 Å². The lowest BCUT2D eigenvalue weighted by Crippen LogP contribution is -2.30. The molecule has 0 saturated heterocycles. The Kier molecular flexibility index (Phi) is 11.2. The summed E-state index contributed by atoms with van der Waals surface area (Å²) < 4.78 is 0. The fourth-order valence-electron chi connectivity index (χ4n) is 4.20. The number of carbonyl (C=O) groups excluding carboxylic acids is 3. The standard InChI is InChI=1S/C35H35ClN4O3S/c1-5-32(35(43)38-27-17-14-23(2)30(36)22-27)44-29-13-9-12-26(21-29)37-34(42)31(39-33(41)25-10-7-6-8-11-25)20-24-15-18-28(19-16-24)40(3)4/h6-22,32H,5H2,1-4H3,(H,37,42)(H,38,43)(H,39,41)/b31-20+. The zero-order chi connectivity index (χ0) is 31.6. The first kappa shape index (κ1) is 32.4. The maximum Gasteiger partial charge on any atom is 0.272 e. The molecule has 44 heavy (non-hydrogen) atoms. The fourth-order valence-corrected chi connectivity index (χ4v) is 5.40. The minimum atomic E-state index is -0.478. The number of anilines is 3. The van der Waals surface area contributed by atoms with Gasteiger partial charge in [0, 0.05) is 46.6 Å². The van der Waals surface area contributed by atoms with E-state index in [1.807, 2.05) is 93.5 Å². The first-order valence-corrected chi connectivity index (χ1v) is 15.4. The van der Waals surface area contributed by atoms with Crippen LogP contribution in [0.4, 0.5) is 17.1 Å². The van der Waals surface area contributed by atoms with Crippen molar-refractivity contribution in [3.63, 3.8) is 0 Å². The Morgan fingerprint density at radius 1 is 0.864 bits per heavy atom. The molecule has 0 saturated carbocycles. The molecule has 0 spiro atoms. The van der Waals surface area contributed by atoms with E-state index in [1.54, 1.807) is 42.5 Å². The van der Waals surface area contributed by atoms with Crippen LogP contribution in [0.5, 0.6) is 0 Å². The SMILES string of the molecule is CCC(Sc1cccc(NC(=O)/C(=C\c2ccc(N(C)C)cc2)NC(=O)c2ccccc2)c1)C(=O)Nc1ccc(C)c(Cl)c1. The maximum atomic E-state index is 13.5. The quantitative estimate of drug-likeness (QED) is 0.118. The lowest BCUT2D eigenvalue weighted by Gasteiger charge is -2.16. The summed E-state index contributed by atoms with van der Waals surface area (Å²) in [5.74, 6) is -1.01. The summed E-state index contributed by atoms with van der Waals surface area (Å²) in [5.41, 5.74) is 4.40. The number of rotatable bonds is 11. The second-order valence-corrected chi connectivity index (χ2v) is 12.0. The van der Waals surface area contributed by atoms with Gasteiger partial charge in [0.1, 0.15) is 5.70 Å². The third-order valence-electron chi connectivity index (χ3n) is 6.72. The first-order valence-electron chi connectivity index (χ1n) is 14.1. The molecule has 0 radical (unpaired) electrons. The largest absolute Gasteiger partial charge is 0.378 e. The molecule has 4 aromatic rings. The van der Waals surface area contributed by atoms with E-state index in [4.69, 9.17) is 11.6 Å². The van der Waals surface area contributed by atoms with Gasteiger partial charge in [-0.1, -0.05) is 61.0 Å². The van der Waals surface area contributed by atoms with Gasteiger partial charge in [-0.2, -0.15) is 0 Å². The van der Waals surface area contributed by atoms with Gasteiger partial charge >= 0.3 is 0 Å². The van der Waals surface area contributed by atoms with Crippen LogP contribution in [-0.4, -0.2) is 37.1 Å². The Bertz CT molecular complexity index is 1660. The topological polar surface area (TPSA) is 90.5 Å². The van der Waals surface area contributed by atoms with Gasteiger partial charge in [-0.25, -0.2) is 0 Å². The second-order valence-electron chi connectivity index (χ2n) is 10.3. The summed E-state index contributed by atoms with van der Waals surface area (Å²) in [5, 5.41) is 8.84. The molecule has 0 aliphatic heterocycles. The van der Waals surface area contributed by atoms with Gasteiger partial charge in [0.05, 0.1) is 5.25 Å². The van der Waals surface area contributed by atoms with E-state index in [1.165, 1.54) is 11.8 Å². The minimum Gasteiger partial charge on any atom is -0.378 e. The van der Waals surface area contributed by atoms with Gasteiger partial charge in [-0.15, -0.1) is 11.8 Å². The number of benzene rings is 4. The fraction of sp³-hybridized carbons (Fsp3) is 0.171. The number of halogens is 1. The van der Waals surface area contributed by atoms with E-state index in [-0.39, 0.29) is 16.9 Å². The molecular weight excluding hydrogens is 592 g/mol. The highest BCUT2D eigenvalue weighted by atomic mass is 35.5. The molecule has 1 atom stereocenters. The molecule has 0 aromatic heterocycles. The summed E-state index contributed by atoms with van der Waals surface area (Å²) in [6.45, 7) is 3.85. The summed E-state index contributed by atoms with van der Waals surface area (Å²) in [4.78, 5) is 42.4. The molecule has 4 aromatic carbocycles. The van der Waals surface area contributed by atoms with E-state index in [9.17, 15) is 14.4 Å². The summed E-state index contributed by atoms with van der Waals surface area (Å²) in [7, 11) is 3.90.